The number of methoxy groups -OCH3 is 1. The highest BCUT2D eigenvalue weighted by molar-refractivity contribution is 6.41. The topological polar surface area (TPSA) is 89.9 Å². The molecular weight excluding hydrogens is 424 g/mol. The van der Waals surface area contributed by atoms with Crippen LogP contribution in [-0.4, -0.2) is 35.5 Å². The zero-order valence-electron chi connectivity index (χ0n) is 18.4. The van der Waals surface area contributed by atoms with E-state index in [9.17, 15) is 4.79 Å². The molecule has 1 atom stereocenters. The molecule has 1 aromatic carbocycles. The van der Waals surface area contributed by atoms with Gasteiger partial charge in [0.15, 0.2) is 11.4 Å². The first-order valence-electron chi connectivity index (χ1n) is 11.1. The summed E-state index contributed by atoms with van der Waals surface area (Å²) in [6.45, 7) is 1.93. The van der Waals surface area contributed by atoms with Gasteiger partial charge in [-0.05, 0) is 62.3 Å². The smallest absolute Gasteiger partial charge is 0.185 e. The molecule has 0 amide bonds. The number of ether oxygens (including phenoxy) is 1. The Morgan fingerprint density at radius 3 is 2.62 bits per heavy atom. The number of nitrogens with two attached hydrogens (primary N) is 1. The van der Waals surface area contributed by atoms with Crippen LogP contribution in [0.1, 0.15) is 59.8 Å². The number of Topliss-reactive ketones (excluding diaryl/α,β-unsaturated/α-hetero) is 1. The summed E-state index contributed by atoms with van der Waals surface area (Å²) in [5.74, 6) is 0.469. The van der Waals surface area contributed by atoms with Crippen molar-refractivity contribution in [3.8, 4) is 0 Å². The zero-order chi connectivity index (χ0) is 22.5. The van der Waals surface area contributed by atoms with Gasteiger partial charge in [0.05, 0.1) is 16.8 Å². The molecule has 2 aromatic rings. The zero-order valence-corrected chi connectivity index (χ0v) is 19.2. The van der Waals surface area contributed by atoms with Crippen molar-refractivity contribution in [3.63, 3.8) is 0 Å². The number of nitrogens with zero attached hydrogens (tertiary/aromatic N) is 3. The van der Waals surface area contributed by atoms with Crippen LogP contribution in [0.4, 0.5) is 0 Å². The lowest BCUT2D eigenvalue weighted by atomic mass is 9.65. The van der Waals surface area contributed by atoms with Crippen LogP contribution >= 0.6 is 11.6 Å². The normalized spacial score (nSPS) is 28.7. The van der Waals surface area contributed by atoms with Gasteiger partial charge in [0.2, 0.25) is 0 Å². The lowest BCUT2D eigenvalue weighted by Crippen LogP contribution is -2.43. The van der Waals surface area contributed by atoms with Crippen LogP contribution < -0.4 is 5.73 Å². The number of ketones is 1. The van der Waals surface area contributed by atoms with Gasteiger partial charge in [-0.25, -0.2) is 4.99 Å². The van der Waals surface area contributed by atoms with E-state index in [-0.39, 0.29) is 23.7 Å². The number of fused-ring (bicyclic) bond motifs is 3. The van der Waals surface area contributed by atoms with Gasteiger partial charge in [0.1, 0.15) is 11.5 Å². The molecule has 1 unspecified atom stereocenters. The molecule has 2 aliphatic carbocycles. The van der Waals surface area contributed by atoms with E-state index in [0.717, 1.165) is 48.9 Å². The number of rotatable bonds is 4. The van der Waals surface area contributed by atoms with E-state index in [0.29, 0.717) is 16.6 Å². The first-order chi connectivity index (χ1) is 15.4. The number of pyridine rings is 1. The highest BCUT2D eigenvalue weighted by Gasteiger charge is 2.60. The van der Waals surface area contributed by atoms with Gasteiger partial charge in [0.25, 0.3) is 0 Å². The largest absolute Gasteiger partial charge is 0.382 e. The lowest BCUT2D eigenvalue weighted by Gasteiger charge is -2.44. The summed E-state index contributed by atoms with van der Waals surface area (Å²) in [5.41, 5.74) is 9.92. The predicted octanol–water partition coefficient (Wildman–Crippen LogP) is 4.28. The molecule has 6 nitrogen and oxygen atoms in total. The Morgan fingerprint density at radius 1 is 1.22 bits per heavy atom. The van der Waals surface area contributed by atoms with Crippen molar-refractivity contribution in [2.45, 2.75) is 57.2 Å². The molecule has 2 N–H and O–H groups in total. The Labute approximate surface area is 193 Å². The van der Waals surface area contributed by atoms with Crippen molar-refractivity contribution < 1.29 is 9.53 Å². The van der Waals surface area contributed by atoms with E-state index in [4.69, 9.17) is 32.1 Å². The minimum absolute atomic E-state index is 0.0434. The van der Waals surface area contributed by atoms with E-state index >= 15 is 0 Å². The maximum Gasteiger partial charge on any atom is 0.185 e. The number of benzene rings is 1. The van der Waals surface area contributed by atoms with Crippen molar-refractivity contribution in [3.05, 3.63) is 63.9 Å². The molecule has 7 heteroatoms. The van der Waals surface area contributed by atoms with Crippen molar-refractivity contribution in [1.82, 2.24) is 4.98 Å². The number of carbonyl (C=O) groups is 1. The van der Waals surface area contributed by atoms with Crippen LogP contribution in [-0.2, 0) is 23.2 Å². The fourth-order valence-corrected chi connectivity index (χ4v) is 5.76. The van der Waals surface area contributed by atoms with Crippen LogP contribution in [0.25, 0.3) is 0 Å². The van der Waals surface area contributed by atoms with Crippen molar-refractivity contribution >= 4 is 28.9 Å². The first kappa shape index (κ1) is 21.3. The standard InChI is InChI=1S/C25H27ClN4O2/c1-15-23(27)30-25(29-15)20-11-16(12-22(31)21-6-5-18(26)14-28-21)3-4-17(20)13-24(25)9-7-19(32-2)8-10-24/h3-6,11,14,19H,7-10,12-13H2,1-2H3,(H2,27,30). The second-order valence-electron chi connectivity index (χ2n) is 9.21. The molecule has 0 bridgehead atoms. The van der Waals surface area contributed by atoms with Crippen LogP contribution in [0, 0.1) is 5.41 Å². The van der Waals surface area contributed by atoms with Crippen molar-refractivity contribution in [2.75, 3.05) is 7.11 Å². The fraction of sp³-hybridized carbons (Fsp3) is 0.440. The molecule has 1 aromatic heterocycles. The Kier molecular flexibility index (Phi) is 5.18. The van der Waals surface area contributed by atoms with Gasteiger partial charge in [-0.2, -0.15) is 0 Å². The predicted molar refractivity (Wildman–Crippen MR) is 126 cm³/mol. The quantitative estimate of drug-likeness (QED) is 0.704. The van der Waals surface area contributed by atoms with Gasteiger partial charge in [-0.15, -0.1) is 0 Å². The Bertz CT molecular complexity index is 1110. The number of hydrogen-bond acceptors (Lipinski definition) is 6. The summed E-state index contributed by atoms with van der Waals surface area (Å²) >= 11 is 5.91. The second-order valence-corrected chi connectivity index (χ2v) is 9.65. The molecule has 0 radical (unpaired) electrons. The van der Waals surface area contributed by atoms with Crippen molar-refractivity contribution in [1.29, 1.82) is 0 Å². The summed E-state index contributed by atoms with van der Waals surface area (Å²) in [4.78, 5) is 27.1. The molecule has 1 fully saturated rings. The monoisotopic (exact) mass is 450 g/mol. The first-order valence-corrected chi connectivity index (χ1v) is 11.5. The number of hydrogen-bond donors (Lipinski definition) is 1. The third-order valence-corrected chi connectivity index (χ3v) is 7.63. The molecule has 2 spiro atoms. The van der Waals surface area contributed by atoms with Gasteiger partial charge >= 0.3 is 0 Å². The average Bonchev–Trinajstić information content (AvgIpc) is 3.23. The third-order valence-electron chi connectivity index (χ3n) is 7.40. The fourth-order valence-electron chi connectivity index (χ4n) is 5.65. The van der Waals surface area contributed by atoms with Gasteiger partial charge in [0, 0.05) is 30.7 Å². The summed E-state index contributed by atoms with van der Waals surface area (Å²) < 4.78 is 5.63. The molecular formula is C25H27ClN4O2. The summed E-state index contributed by atoms with van der Waals surface area (Å²) in [5, 5.41) is 0.513. The third kappa shape index (κ3) is 3.28. The Hall–Kier alpha value is -2.57. The highest BCUT2D eigenvalue weighted by Crippen LogP contribution is 2.61. The molecule has 32 heavy (non-hydrogen) atoms. The number of carbonyl (C=O) groups excluding carboxylic acids is 1. The summed E-state index contributed by atoms with van der Waals surface area (Å²) in [6.07, 6.45) is 6.91. The highest BCUT2D eigenvalue weighted by atomic mass is 35.5. The van der Waals surface area contributed by atoms with Crippen LogP contribution in [0.15, 0.2) is 46.5 Å². The maximum absolute atomic E-state index is 12.8. The van der Waals surface area contributed by atoms with Gasteiger partial charge in [-0.1, -0.05) is 29.8 Å². The molecule has 166 valence electrons. The van der Waals surface area contributed by atoms with E-state index < -0.39 is 5.66 Å². The molecule has 5 rings (SSSR count). The molecule has 1 saturated carbocycles. The van der Waals surface area contributed by atoms with E-state index in [1.165, 1.54) is 11.8 Å². The SMILES string of the molecule is COC1CCC2(CC1)Cc1ccc(CC(=O)c3ccc(Cl)cn3)cc1C21N=C(C)C(N)=N1. The summed E-state index contributed by atoms with van der Waals surface area (Å²) in [7, 11) is 1.79. The van der Waals surface area contributed by atoms with Crippen LogP contribution in [0.5, 0.6) is 0 Å². The van der Waals surface area contributed by atoms with Gasteiger partial charge < -0.3 is 10.5 Å². The maximum atomic E-state index is 12.8. The van der Waals surface area contributed by atoms with Crippen LogP contribution in [0.3, 0.4) is 0 Å². The number of halogens is 1. The number of amidine groups is 1. The Morgan fingerprint density at radius 2 is 2.00 bits per heavy atom. The summed E-state index contributed by atoms with van der Waals surface area (Å²) in [6, 6.07) is 9.64. The van der Waals surface area contributed by atoms with Crippen LogP contribution in [0.2, 0.25) is 5.02 Å². The van der Waals surface area contributed by atoms with Crippen molar-refractivity contribution in [2.24, 2.45) is 21.1 Å². The molecule has 0 saturated heterocycles. The van der Waals surface area contributed by atoms with E-state index in [2.05, 4.69) is 17.1 Å². The molecule has 1 aliphatic heterocycles. The minimum atomic E-state index is -0.702. The van der Waals surface area contributed by atoms with E-state index in [1.807, 2.05) is 13.0 Å². The second kappa shape index (κ2) is 7.78. The molecule has 3 aliphatic rings. The lowest BCUT2D eigenvalue weighted by molar-refractivity contribution is -0.000385. The number of aliphatic imine (C=N–C) groups is 2. The molecule has 2 heterocycles. The van der Waals surface area contributed by atoms with E-state index in [1.54, 1.807) is 19.2 Å². The Balaban J connectivity index is 1.51. The number of aromatic nitrogens is 1. The average molecular weight is 451 g/mol. The minimum Gasteiger partial charge on any atom is -0.382 e. The van der Waals surface area contributed by atoms with Gasteiger partial charge in [-0.3, -0.25) is 14.8 Å².